The Balaban J connectivity index is 2.06. The van der Waals surface area contributed by atoms with Gasteiger partial charge in [0.1, 0.15) is 17.4 Å². The van der Waals surface area contributed by atoms with Gasteiger partial charge in [0.15, 0.2) is 0 Å². The molecule has 158 valence electrons. The summed E-state index contributed by atoms with van der Waals surface area (Å²) in [5.41, 5.74) is 8.19. The van der Waals surface area contributed by atoms with Crippen molar-refractivity contribution in [3.63, 3.8) is 0 Å². The summed E-state index contributed by atoms with van der Waals surface area (Å²) >= 11 is 6.04. The van der Waals surface area contributed by atoms with Gasteiger partial charge in [-0.1, -0.05) is 23.7 Å². The second-order valence-corrected chi connectivity index (χ2v) is 7.99. The number of benzene rings is 1. The molecule has 0 amide bonds. The van der Waals surface area contributed by atoms with E-state index in [9.17, 15) is 10.1 Å². The predicted molar refractivity (Wildman–Crippen MR) is 118 cm³/mol. The van der Waals surface area contributed by atoms with Crippen molar-refractivity contribution >= 4 is 11.6 Å². The highest BCUT2D eigenvalue weighted by Gasteiger charge is 2.34. The number of aryl methyl sites for hydroxylation is 1. The number of hydrogen-bond donors (Lipinski definition) is 2. The van der Waals surface area contributed by atoms with Crippen molar-refractivity contribution in [1.82, 2.24) is 4.57 Å². The highest BCUT2D eigenvalue weighted by molar-refractivity contribution is 6.30. The van der Waals surface area contributed by atoms with E-state index in [0.29, 0.717) is 22.9 Å². The zero-order valence-corrected chi connectivity index (χ0v) is 18.4. The Hall–Kier alpha value is -2.75. The molecule has 1 aliphatic rings. The Labute approximate surface area is 182 Å². The van der Waals surface area contributed by atoms with Gasteiger partial charge in [-0.25, -0.2) is 0 Å². The van der Waals surface area contributed by atoms with Gasteiger partial charge in [-0.05, 0) is 38.5 Å². The number of hydrogen-bond acceptors (Lipinski definition) is 4. The van der Waals surface area contributed by atoms with Crippen LogP contribution in [0.15, 0.2) is 46.6 Å². The first-order valence-corrected chi connectivity index (χ1v) is 10.7. The number of aromatic nitrogens is 1. The fraction of sp³-hybridized carbons (Fsp3) is 0.391. The van der Waals surface area contributed by atoms with Gasteiger partial charge in [0.05, 0.1) is 31.1 Å². The van der Waals surface area contributed by atoms with Crippen LogP contribution >= 0.6 is 11.6 Å². The summed E-state index contributed by atoms with van der Waals surface area (Å²) in [7, 11) is 0. The number of fused-ring (bicyclic) bond motifs is 1. The van der Waals surface area contributed by atoms with E-state index in [-0.39, 0.29) is 17.0 Å². The molecular weight excluding hydrogens is 400 g/mol. The monoisotopic (exact) mass is 427 g/mol. The van der Waals surface area contributed by atoms with Crippen LogP contribution in [0.5, 0.6) is 5.75 Å². The minimum atomic E-state index is -0.580. The van der Waals surface area contributed by atoms with Crippen molar-refractivity contribution in [2.24, 2.45) is 5.73 Å². The quantitative estimate of drug-likeness (QED) is 0.710. The molecular formula is C23H28ClN4O2+. The van der Waals surface area contributed by atoms with Crippen LogP contribution in [0.3, 0.4) is 0 Å². The molecule has 2 heterocycles. The molecule has 0 bridgehead atoms. The number of nitriles is 1. The molecule has 3 N–H and O–H groups in total. The highest BCUT2D eigenvalue weighted by Crippen LogP contribution is 2.40. The lowest BCUT2D eigenvalue weighted by atomic mass is 9.84. The van der Waals surface area contributed by atoms with E-state index in [2.05, 4.69) is 19.9 Å². The average Bonchev–Trinajstić information content (AvgIpc) is 2.73. The molecule has 0 spiro atoms. The summed E-state index contributed by atoms with van der Waals surface area (Å²) in [6.07, 6.45) is 0.895. The van der Waals surface area contributed by atoms with Gasteiger partial charge in [0.2, 0.25) is 5.88 Å². The first-order chi connectivity index (χ1) is 14.4. The van der Waals surface area contributed by atoms with Crippen LogP contribution in [0.25, 0.3) is 0 Å². The first-order valence-electron chi connectivity index (χ1n) is 10.3. The number of allylic oxidation sites excluding steroid dienone is 1. The molecule has 6 nitrogen and oxygen atoms in total. The van der Waals surface area contributed by atoms with Crippen molar-refractivity contribution in [3.05, 3.63) is 74.0 Å². The van der Waals surface area contributed by atoms with Crippen molar-refractivity contribution in [2.45, 2.75) is 39.7 Å². The molecule has 0 saturated carbocycles. The van der Waals surface area contributed by atoms with E-state index >= 15 is 0 Å². The van der Waals surface area contributed by atoms with E-state index < -0.39 is 5.92 Å². The molecule has 30 heavy (non-hydrogen) atoms. The normalized spacial score (nSPS) is 15.7. The third kappa shape index (κ3) is 4.23. The number of pyridine rings is 1. The number of halogens is 1. The molecule has 2 aromatic rings. The van der Waals surface area contributed by atoms with Gasteiger partial charge in [-0.2, -0.15) is 5.26 Å². The maximum atomic E-state index is 13.5. The largest absolute Gasteiger partial charge is 0.440 e. The van der Waals surface area contributed by atoms with Crippen LogP contribution in [0.4, 0.5) is 0 Å². The summed E-state index contributed by atoms with van der Waals surface area (Å²) in [5, 5.41) is 10.3. The molecule has 0 aliphatic carbocycles. The standard InChI is InChI=1S/C23H27ClN4O2/c1-4-27(5-2)11-6-12-28-15(3)13-19-21(23(28)29)20(18(14-25)22(26)30-19)16-7-9-17(24)10-8-16/h7-10,13,20H,4-6,11-12,26H2,1-3H3/p+1/t20-/m1/s1. The Bertz CT molecular complexity index is 1050. The predicted octanol–water partition coefficient (Wildman–Crippen LogP) is 2.34. The smallest absolute Gasteiger partial charge is 0.258 e. The van der Waals surface area contributed by atoms with Crippen molar-refractivity contribution in [2.75, 3.05) is 19.6 Å². The third-order valence-corrected chi connectivity index (χ3v) is 6.06. The molecule has 0 unspecified atom stereocenters. The number of quaternary nitrogens is 1. The number of nitrogens with one attached hydrogen (secondary N) is 1. The van der Waals surface area contributed by atoms with Gasteiger partial charge in [0.25, 0.3) is 5.56 Å². The molecule has 0 fully saturated rings. The second kappa shape index (κ2) is 9.38. The van der Waals surface area contributed by atoms with Crippen LogP contribution < -0.4 is 20.9 Å². The lowest BCUT2D eigenvalue weighted by Gasteiger charge is -2.27. The molecule has 1 aromatic carbocycles. The summed E-state index contributed by atoms with van der Waals surface area (Å²) in [5.74, 6) is -0.130. The van der Waals surface area contributed by atoms with E-state index in [1.54, 1.807) is 16.7 Å². The fourth-order valence-corrected chi connectivity index (χ4v) is 4.17. The molecule has 7 heteroatoms. The SMILES string of the molecule is CC[NH+](CC)CCCn1c(C)cc2c(c1=O)[C@H](c1ccc(Cl)cc1)C(C#N)=C(N)O2. The number of nitrogens with zero attached hydrogens (tertiary/aromatic N) is 2. The van der Waals surface area contributed by atoms with Gasteiger partial charge in [-0.15, -0.1) is 0 Å². The maximum Gasteiger partial charge on any atom is 0.258 e. The minimum Gasteiger partial charge on any atom is -0.440 e. The first kappa shape index (κ1) is 21.9. The van der Waals surface area contributed by atoms with Crippen molar-refractivity contribution < 1.29 is 9.64 Å². The Morgan fingerprint density at radius 2 is 1.93 bits per heavy atom. The summed E-state index contributed by atoms with van der Waals surface area (Å²) < 4.78 is 7.48. The van der Waals surface area contributed by atoms with Gasteiger partial charge >= 0.3 is 0 Å². The van der Waals surface area contributed by atoms with Crippen LogP contribution in [0.2, 0.25) is 5.02 Å². The van der Waals surface area contributed by atoms with Crippen LogP contribution in [0.1, 0.15) is 43.0 Å². The zero-order valence-electron chi connectivity index (χ0n) is 17.7. The molecule has 0 saturated heterocycles. The third-order valence-electron chi connectivity index (χ3n) is 5.81. The maximum absolute atomic E-state index is 13.5. The van der Waals surface area contributed by atoms with Crippen molar-refractivity contribution in [3.8, 4) is 11.8 Å². The molecule has 3 rings (SSSR count). The average molecular weight is 428 g/mol. The Morgan fingerprint density at radius 1 is 1.27 bits per heavy atom. The summed E-state index contributed by atoms with van der Waals surface area (Å²) in [6, 6.07) is 11.1. The number of nitrogens with two attached hydrogens (primary N) is 1. The van der Waals surface area contributed by atoms with E-state index in [0.717, 1.165) is 37.3 Å². The highest BCUT2D eigenvalue weighted by atomic mass is 35.5. The summed E-state index contributed by atoms with van der Waals surface area (Å²) in [4.78, 5) is 15.0. The van der Waals surface area contributed by atoms with Gasteiger partial charge < -0.3 is 19.9 Å². The lowest BCUT2D eigenvalue weighted by molar-refractivity contribution is -0.896. The summed E-state index contributed by atoms with van der Waals surface area (Å²) in [6.45, 7) is 9.99. The van der Waals surface area contributed by atoms with Crippen LogP contribution in [-0.4, -0.2) is 24.2 Å². The number of ether oxygens (including phenoxy) is 1. The van der Waals surface area contributed by atoms with Crippen molar-refractivity contribution in [1.29, 1.82) is 5.26 Å². The Kier molecular flexibility index (Phi) is 6.86. The second-order valence-electron chi connectivity index (χ2n) is 7.56. The van der Waals surface area contributed by atoms with E-state index in [1.165, 1.54) is 4.90 Å². The van der Waals surface area contributed by atoms with Crippen LogP contribution in [-0.2, 0) is 6.54 Å². The van der Waals surface area contributed by atoms with E-state index in [4.69, 9.17) is 22.1 Å². The lowest BCUT2D eigenvalue weighted by Crippen LogP contribution is -3.11. The fourth-order valence-electron chi connectivity index (χ4n) is 4.04. The van der Waals surface area contributed by atoms with E-state index in [1.807, 2.05) is 25.1 Å². The van der Waals surface area contributed by atoms with Crippen LogP contribution in [0, 0.1) is 18.3 Å². The van der Waals surface area contributed by atoms with Gasteiger partial charge in [0, 0.05) is 29.7 Å². The zero-order chi connectivity index (χ0) is 21.8. The Morgan fingerprint density at radius 3 is 2.53 bits per heavy atom. The topological polar surface area (TPSA) is 85.5 Å². The molecule has 1 aliphatic heterocycles. The molecule has 0 radical (unpaired) electrons. The number of rotatable bonds is 7. The molecule has 1 atom stereocenters. The van der Waals surface area contributed by atoms with Gasteiger partial charge in [-0.3, -0.25) is 4.79 Å². The minimum absolute atomic E-state index is 0.0339. The molecule has 1 aromatic heterocycles.